The quantitative estimate of drug-likeness (QED) is 0.778. The summed E-state index contributed by atoms with van der Waals surface area (Å²) in [5.41, 5.74) is 6.42. The van der Waals surface area contributed by atoms with Crippen LogP contribution in [0.5, 0.6) is 11.5 Å². The topological polar surface area (TPSA) is 61.6 Å². The zero-order valence-corrected chi connectivity index (χ0v) is 11.8. The number of primary amides is 1. The van der Waals surface area contributed by atoms with Crippen LogP contribution in [-0.4, -0.2) is 12.7 Å². The summed E-state index contributed by atoms with van der Waals surface area (Å²) in [6.07, 6.45) is 7.90. The summed E-state index contributed by atoms with van der Waals surface area (Å²) in [6, 6.07) is 5.72. The molecule has 0 fully saturated rings. The summed E-state index contributed by atoms with van der Waals surface area (Å²) >= 11 is 0. The summed E-state index contributed by atoms with van der Waals surface area (Å²) in [4.78, 5) is 11.4. The van der Waals surface area contributed by atoms with Gasteiger partial charge in [0.2, 0.25) is 12.7 Å². The molecule has 1 unspecified atom stereocenters. The third-order valence-corrected chi connectivity index (χ3v) is 3.40. The van der Waals surface area contributed by atoms with Crippen molar-refractivity contribution in [3.05, 3.63) is 29.8 Å². The SMILES string of the molecule is CCCCCC(C=Cc1ccc2c(c1)OCO2)C(N)=O. The molecule has 0 spiro atoms. The molecule has 1 atom stereocenters. The summed E-state index contributed by atoms with van der Waals surface area (Å²) in [5, 5.41) is 0. The second kappa shape index (κ2) is 6.98. The number of carbonyl (C=O) groups is 1. The Bertz CT molecular complexity index is 496. The van der Waals surface area contributed by atoms with Gasteiger partial charge in [-0.3, -0.25) is 4.79 Å². The molecule has 2 rings (SSSR count). The summed E-state index contributed by atoms with van der Waals surface area (Å²) in [6.45, 7) is 2.41. The Kier molecular flexibility index (Phi) is 5.04. The molecule has 1 aliphatic heterocycles. The maximum atomic E-state index is 11.4. The number of carbonyl (C=O) groups excluding carboxylic acids is 1. The number of hydrogen-bond acceptors (Lipinski definition) is 3. The van der Waals surface area contributed by atoms with E-state index in [2.05, 4.69) is 6.92 Å². The van der Waals surface area contributed by atoms with Crippen molar-refractivity contribution in [2.75, 3.05) is 6.79 Å². The van der Waals surface area contributed by atoms with Crippen molar-refractivity contribution < 1.29 is 14.3 Å². The molecule has 4 nitrogen and oxygen atoms in total. The Labute approximate surface area is 119 Å². The minimum absolute atomic E-state index is 0.202. The maximum absolute atomic E-state index is 11.4. The van der Waals surface area contributed by atoms with E-state index < -0.39 is 0 Å². The monoisotopic (exact) mass is 275 g/mol. The fourth-order valence-electron chi connectivity index (χ4n) is 2.19. The number of benzene rings is 1. The summed E-state index contributed by atoms with van der Waals surface area (Å²) in [7, 11) is 0. The number of unbranched alkanes of at least 4 members (excludes halogenated alkanes) is 2. The van der Waals surface area contributed by atoms with Crippen molar-refractivity contribution in [1.29, 1.82) is 0 Å². The van der Waals surface area contributed by atoms with E-state index in [-0.39, 0.29) is 18.6 Å². The standard InChI is InChI=1S/C16H21NO3/c1-2-3-4-5-13(16(17)18)8-6-12-7-9-14-15(10-12)20-11-19-14/h6-10,13H,2-5,11H2,1H3,(H2,17,18). The van der Waals surface area contributed by atoms with Crippen LogP contribution in [-0.2, 0) is 4.79 Å². The molecule has 0 aliphatic carbocycles. The molecule has 20 heavy (non-hydrogen) atoms. The minimum atomic E-state index is -0.266. The van der Waals surface area contributed by atoms with E-state index in [1.54, 1.807) is 0 Å². The Morgan fingerprint density at radius 3 is 2.90 bits per heavy atom. The largest absolute Gasteiger partial charge is 0.454 e. The molecule has 2 N–H and O–H groups in total. The van der Waals surface area contributed by atoms with Gasteiger partial charge in [0, 0.05) is 0 Å². The maximum Gasteiger partial charge on any atom is 0.231 e. The van der Waals surface area contributed by atoms with Gasteiger partial charge >= 0.3 is 0 Å². The van der Waals surface area contributed by atoms with E-state index in [0.29, 0.717) is 0 Å². The molecule has 1 aromatic rings. The van der Waals surface area contributed by atoms with Gasteiger partial charge in [-0.15, -0.1) is 0 Å². The van der Waals surface area contributed by atoms with E-state index >= 15 is 0 Å². The van der Waals surface area contributed by atoms with Crippen molar-refractivity contribution in [2.24, 2.45) is 11.7 Å². The molecule has 108 valence electrons. The lowest BCUT2D eigenvalue weighted by molar-refractivity contribution is -0.120. The first-order valence-corrected chi connectivity index (χ1v) is 7.08. The number of amides is 1. The van der Waals surface area contributed by atoms with Crippen LogP contribution in [0.4, 0.5) is 0 Å². The predicted molar refractivity (Wildman–Crippen MR) is 78.4 cm³/mol. The number of fused-ring (bicyclic) bond motifs is 1. The van der Waals surface area contributed by atoms with Crippen LogP contribution in [0, 0.1) is 5.92 Å². The molecule has 1 aromatic carbocycles. The van der Waals surface area contributed by atoms with Crippen molar-refractivity contribution in [3.63, 3.8) is 0 Å². The first kappa shape index (κ1) is 14.4. The smallest absolute Gasteiger partial charge is 0.231 e. The molecular formula is C16H21NO3. The zero-order valence-electron chi connectivity index (χ0n) is 11.8. The van der Waals surface area contributed by atoms with E-state index in [1.807, 2.05) is 30.4 Å². The average Bonchev–Trinajstić information content (AvgIpc) is 2.89. The van der Waals surface area contributed by atoms with Crippen LogP contribution in [0.2, 0.25) is 0 Å². The normalized spacial score (nSPS) is 14.7. The highest BCUT2D eigenvalue weighted by molar-refractivity contribution is 5.79. The number of hydrogen-bond donors (Lipinski definition) is 1. The van der Waals surface area contributed by atoms with Gasteiger partial charge in [0.1, 0.15) is 0 Å². The van der Waals surface area contributed by atoms with Crippen LogP contribution in [0.15, 0.2) is 24.3 Å². The van der Waals surface area contributed by atoms with Crippen molar-refractivity contribution in [3.8, 4) is 11.5 Å². The molecule has 0 aromatic heterocycles. The van der Waals surface area contributed by atoms with Gasteiger partial charge in [-0.05, 0) is 24.1 Å². The van der Waals surface area contributed by atoms with Crippen LogP contribution >= 0.6 is 0 Å². The second-order valence-electron chi connectivity index (χ2n) is 4.98. The average molecular weight is 275 g/mol. The number of ether oxygens (including phenoxy) is 2. The first-order valence-electron chi connectivity index (χ1n) is 7.08. The molecule has 1 heterocycles. The fraction of sp³-hybridized carbons (Fsp3) is 0.438. The van der Waals surface area contributed by atoms with Gasteiger partial charge in [-0.1, -0.05) is 44.4 Å². The third-order valence-electron chi connectivity index (χ3n) is 3.40. The van der Waals surface area contributed by atoms with E-state index in [0.717, 1.165) is 42.7 Å². The zero-order chi connectivity index (χ0) is 14.4. The van der Waals surface area contributed by atoms with Crippen molar-refractivity contribution >= 4 is 12.0 Å². The summed E-state index contributed by atoms with van der Waals surface area (Å²) in [5.74, 6) is 1.04. The van der Waals surface area contributed by atoms with Gasteiger partial charge in [0.05, 0.1) is 5.92 Å². The van der Waals surface area contributed by atoms with E-state index in [4.69, 9.17) is 15.2 Å². The van der Waals surface area contributed by atoms with Crippen LogP contribution in [0.1, 0.15) is 38.2 Å². The highest BCUT2D eigenvalue weighted by Crippen LogP contribution is 2.32. The van der Waals surface area contributed by atoms with Crippen LogP contribution < -0.4 is 15.2 Å². The Morgan fingerprint density at radius 1 is 1.35 bits per heavy atom. The van der Waals surface area contributed by atoms with Crippen molar-refractivity contribution in [1.82, 2.24) is 0 Å². The number of rotatable bonds is 7. The van der Waals surface area contributed by atoms with Gasteiger partial charge in [0.15, 0.2) is 11.5 Å². The van der Waals surface area contributed by atoms with Crippen LogP contribution in [0.25, 0.3) is 6.08 Å². The minimum Gasteiger partial charge on any atom is -0.454 e. The van der Waals surface area contributed by atoms with Gasteiger partial charge in [0.25, 0.3) is 0 Å². The lowest BCUT2D eigenvalue weighted by Gasteiger charge is -2.08. The fourth-order valence-corrected chi connectivity index (χ4v) is 2.19. The Hall–Kier alpha value is -1.97. The third kappa shape index (κ3) is 3.76. The molecule has 0 saturated heterocycles. The molecular weight excluding hydrogens is 254 g/mol. The number of nitrogens with two attached hydrogens (primary N) is 1. The predicted octanol–water partition coefficient (Wildman–Crippen LogP) is 3.11. The molecule has 1 aliphatic rings. The van der Waals surface area contributed by atoms with Crippen molar-refractivity contribution in [2.45, 2.75) is 32.6 Å². The molecule has 0 radical (unpaired) electrons. The van der Waals surface area contributed by atoms with E-state index in [1.165, 1.54) is 0 Å². The highest BCUT2D eigenvalue weighted by Gasteiger charge is 2.13. The lowest BCUT2D eigenvalue weighted by Crippen LogP contribution is -2.21. The summed E-state index contributed by atoms with van der Waals surface area (Å²) < 4.78 is 10.6. The van der Waals surface area contributed by atoms with E-state index in [9.17, 15) is 4.79 Å². The van der Waals surface area contributed by atoms with Gasteiger partial charge in [-0.2, -0.15) is 0 Å². The first-order chi connectivity index (χ1) is 9.70. The molecule has 0 saturated carbocycles. The molecule has 4 heteroatoms. The Morgan fingerprint density at radius 2 is 2.15 bits per heavy atom. The lowest BCUT2D eigenvalue weighted by atomic mass is 9.99. The van der Waals surface area contributed by atoms with Gasteiger partial charge < -0.3 is 15.2 Å². The second-order valence-corrected chi connectivity index (χ2v) is 4.98. The Balaban J connectivity index is 2.00. The van der Waals surface area contributed by atoms with Gasteiger partial charge in [-0.25, -0.2) is 0 Å². The molecule has 0 bridgehead atoms. The highest BCUT2D eigenvalue weighted by atomic mass is 16.7. The van der Waals surface area contributed by atoms with Crippen LogP contribution in [0.3, 0.4) is 0 Å². The molecule has 1 amide bonds.